The SMILES string of the molecule is CN[C@@H](C)C(=O)N[C@H](C(=O)N1C[C@@H]2C[C@H]1C(=O)N[C@@H](Cc1ccc3ccccc3c1)C(=O)N(C)[C@H](C(=O)O)Cc1ccc(cc1)OCc1cn2nn1)C(C)C. The number of aliphatic carboxylic acids is 1. The Balaban J connectivity index is 1.39. The second kappa shape index (κ2) is 16.7. The molecule has 0 aliphatic carbocycles. The van der Waals surface area contributed by atoms with Crippen LogP contribution in [0.5, 0.6) is 5.75 Å². The van der Waals surface area contributed by atoms with Gasteiger partial charge in [0, 0.05) is 32.9 Å². The molecule has 0 unspecified atom stereocenters. The van der Waals surface area contributed by atoms with Crippen LogP contribution >= 0.6 is 0 Å². The highest BCUT2D eigenvalue weighted by molar-refractivity contribution is 5.96. The number of hydrogen-bond acceptors (Lipinski definition) is 9. The summed E-state index contributed by atoms with van der Waals surface area (Å²) in [7, 11) is 3.07. The van der Waals surface area contributed by atoms with Crippen LogP contribution in [0.2, 0.25) is 0 Å². The molecule has 1 saturated heterocycles. The van der Waals surface area contributed by atoms with E-state index in [9.17, 15) is 29.1 Å². The van der Waals surface area contributed by atoms with Crippen LogP contribution < -0.4 is 20.7 Å². The molecule has 0 spiro atoms. The van der Waals surface area contributed by atoms with Gasteiger partial charge < -0.3 is 35.6 Å². The lowest BCUT2D eigenvalue weighted by atomic mass is 9.98. The Morgan fingerprint density at radius 1 is 1.02 bits per heavy atom. The van der Waals surface area contributed by atoms with Gasteiger partial charge in [0.2, 0.25) is 23.6 Å². The number of rotatable bonds is 8. The van der Waals surface area contributed by atoms with E-state index in [1.54, 1.807) is 49.1 Å². The molecule has 4 aromatic rings. The maximum absolute atomic E-state index is 14.6. The minimum Gasteiger partial charge on any atom is -0.487 e. The first kappa shape index (κ1) is 38.9. The average Bonchev–Trinajstić information content (AvgIpc) is 3.85. The topological polar surface area (TPSA) is 188 Å². The second-order valence-electron chi connectivity index (χ2n) is 14.7. The zero-order valence-electron chi connectivity index (χ0n) is 31.6. The molecule has 1 aromatic heterocycles. The fourth-order valence-electron chi connectivity index (χ4n) is 7.12. The molecule has 4 N–H and O–H groups in total. The molecule has 4 heterocycles. The molecule has 6 atom stereocenters. The van der Waals surface area contributed by atoms with Gasteiger partial charge in [-0.3, -0.25) is 19.2 Å². The lowest BCUT2D eigenvalue weighted by Gasteiger charge is -2.33. The number of carboxylic acid groups (broad SMARTS) is 1. The number of fused-ring (bicyclic) bond motifs is 10. The number of carbonyl (C=O) groups excluding carboxylic acids is 4. The van der Waals surface area contributed by atoms with Crippen LogP contribution in [0, 0.1) is 5.92 Å². The van der Waals surface area contributed by atoms with Crippen LogP contribution in [0.4, 0.5) is 0 Å². The average molecular weight is 753 g/mol. The molecule has 3 aliphatic heterocycles. The number of nitrogens with zero attached hydrogens (tertiary/aromatic N) is 5. The third-order valence-electron chi connectivity index (χ3n) is 10.6. The lowest BCUT2D eigenvalue weighted by molar-refractivity contribution is -0.150. The Morgan fingerprint density at radius 2 is 1.75 bits per heavy atom. The van der Waals surface area contributed by atoms with E-state index in [1.165, 1.54) is 11.9 Å². The lowest BCUT2D eigenvalue weighted by Crippen LogP contribution is -2.59. The largest absolute Gasteiger partial charge is 0.487 e. The van der Waals surface area contributed by atoms with E-state index < -0.39 is 59.9 Å². The molecular weight excluding hydrogens is 704 g/mol. The minimum atomic E-state index is -1.25. The van der Waals surface area contributed by atoms with Crippen LogP contribution in [0.3, 0.4) is 0 Å². The molecule has 15 heteroatoms. The van der Waals surface area contributed by atoms with Gasteiger partial charge in [0.1, 0.15) is 42.2 Å². The quantitative estimate of drug-likeness (QED) is 0.208. The monoisotopic (exact) mass is 752 g/mol. The number of amides is 4. The van der Waals surface area contributed by atoms with E-state index in [-0.39, 0.29) is 44.2 Å². The Bertz CT molecular complexity index is 2050. The standard InChI is InChI=1S/C40H48N8O7/c1-23(2)35(43-36(49)24(3)41-4)39(52)47-21-30-19-33(47)37(50)42-32(17-26-10-13-27-8-6-7-9-28(27)16-26)38(51)46(5)34(40(53)54)18-25-11-14-31(15-12-25)55-22-29-20-48(30)45-44-29/h6-16,20,23-24,30,32-35,41H,17-19,21-22H2,1-5H3,(H,42,50)(H,43,49)(H,53,54)/t24-,30-,32-,33-,34-,35-/m0/s1. The summed E-state index contributed by atoms with van der Waals surface area (Å²) < 4.78 is 7.55. The van der Waals surface area contributed by atoms with Crippen molar-refractivity contribution in [2.45, 2.75) is 82.9 Å². The summed E-state index contributed by atoms with van der Waals surface area (Å²) in [6, 6.07) is 15.0. The smallest absolute Gasteiger partial charge is 0.326 e. The molecule has 15 nitrogen and oxygen atoms in total. The van der Waals surface area contributed by atoms with Crippen molar-refractivity contribution < 1.29 is 33.8 Å². The number of carboxylic acids is 1. The summed E-state index contributed by atoms with van der Waals surface area (Å²) >= 11 is 0. The molecule has 0 radical (unpaired) electrons. The first-order valence-electron chi connectivity index (χ1n) is 18.5. The number of ether oxygens (including phenoxy) is 1. The number of aromatic nitrogens is 3. The van der Waals surface area contributed by atoms with Crippen molar-refractivity contribution in [2.75, 3.05) is 20.6 Å². The van der Waals surface area contributed by atoms with Gasteiger partial charge in [-0.05, 0) is 53.9 Å². The van der Waals surface area contributed by atoms with Gasteiger partial charge in [0.25, 0.3) is 0 Å². The summed E-state index contributed by atoms with van der Waals surface area (Å²) in [5.41, 5.74) is 1.94. The number of nitrogens with one attached hydrogen (secondary N) is 3. The second-order valence-corrected chi connectivity index (χ2v) is 14.7. The first-order chi connectivity index (χ1) is 26.3. The molecule has 3 aromatic carbocycles. The van der Waals surface area contributed by atoms with Crippen LogP contribution in [0.1, 0.15) is 50.1 Å². The zero-order chi connectivity index (χ0) is 39.4. The highest BCUT2D eigenvalue weighted by Gasteiger charge is 2.45. The number of carbonyl (C=O) groups is 5. The van der Waals surface area contributed by atoms with Gasteiger partial charge in [0.05, 0.1) is 18.3 Å². The van der Waals surface area contributed by atoms with Gasteiger partial charge in [-0.15, -0.1) is 5.10 Å². The van der Waals surface area contributed by atoms with Crippen molar-refractivity contribution in [1.82, 2.24) is 40.7 Å². The Morgan fingerprint density at radius 3 is 2.44 bits per heavy atom. The van der Waals surface area contributed by atoms with Gasteiger partial charge in [0.15, 0.2) is 0 Å². The van der Waals surface area contributed by atoms with Crippen LogP contribution in [-0.2, 0) is 43.4 Å². The Kier molecular flexibility index (Phi) is 11.8. The fraction of sp³-hybridized carbons (Fsp3) is 0.425. The number of benzene rings is 3. The molecular formula is C40H48N8O7. The van der Waals surface area contributed by atoms with Crippen LogP contribution in [-0.4, -0.2) is 110 Å². The minimum absolute atomic E-state index is 0.00385. The van der Waals surface area contributed by atoms with Gasteiger partial charge in [-0.25, -0.2) is 9.48 Å². The highest BCUT2D eigenvalue weighted by Crippen LogP contribution is 2.30. The molecule has 3 aliphatic rings. The van der Waals surface area contributed by atoms with E-state index in [1.807, 2.05) is 56.3 Å². The summed E-state index contributed by atoms with van der Waals surface area (Å²) in [5.74, 6) is -3.02. The van der Waals surface area contributed by atoms with E-state index in [4.69, 9.17) is 4.74 Å². The summed E-state index contributed by atoms with van der Waals surface area (Å²) in [6.45, 7) is 5.48. The molecule has 55 heavy (non-hydrogen) atoms. The number of hydrogen-bond donors (Lipinski definition) is 4. The van der Waals surface area contributed by atoms with Crippen molar-refractivity contribution in [3.05, 3.63) is 89.7 Å². The maximum Gasteiger partial charge on any atom is 0.326 e. The van der Waals surface area contributed by atoms with E-state index in [0.29, 0.717) is 17.0 Å². The molecule has 290 valence electrons. The van der Waals surface area contributed by atoms with Crippen molar-refractivity contribution in [2.24, 2.45) is 5.92 Å². The molecule has 6 bridgehead atoms. The normalized spacial score (nSPS) is 21.6. The predicted octanol–water partition coefficient (Wildman–Crippen LogP) is 2.10. The third-order valence-corrected chi connectivity index (χ3v) is 10.6. The number of likely N-dealkylation sites (tertiary alicyclic amines) is 1. The maximum atomic E-state index is 14.6. The van der Waals surface area contributed by atoms with Crippen LogP contribution in [0.15, 0.2) is 72.9 Å². The Labute approximate surface area is 319 Å². The summed E-state index contributed by atoms with van der Waals surface area (Å²) in [5, 5.41) is 29.6. The van der Waals surface area contributed by atoms with Gasteiger partial charge in [-0.2, -0.15) is 0 Å². The predicted molar refractivity (Wildman–Crippen MR) is 203 cm³/mol. The van der Waals surface area contributed by atoms with Crippen molar-refractivity contribution in [3.8, 4) is 5.75 Å². The Hall–Kier alpha value is -5.83. The molecule has 0 saturated carbocycles. The fourth-order valence-corrected chi connectivity index (χ4v) is 7.12. The first-order valence-corrected chi connectivity index (χ1v) is 18.5. The van der Waals surface area contributed by atoms with E-state index >= 15 is 0 Å². The van der Waals surface area contributed by atoms with Crippen molar-refractivity contribution in [3.63, 3.8) is 0 Å². The molecule has 4 amide bonds. The molecule has 7 rings (SSSR count). The number of likely N-dealkylation sites (N-methyl/N-ethyl adjacent to an activating group) is 2. The van der Waals surface area contributed by atoms with Gasteiger partial charge in [-0.1, -0.05) is 73.7 Å². The van der Waals surface area contributed by atoms with E-state index in [0.717, 1.165) is 21.2 Å². The van der Waals surface area contributed by atoms with Gasteiger partial charge >= 0.3 is 5.97 Å². The van der Waals surface area contributed by atoms with Crippen molar-refractivity contribution >= 4 is 40.4 Å². The zero-order valence-corrected chi connectivity index (χ0v) is 31.6. The highest BCUT2D eigenvalue weighted by atomic mass is 16.5. The van der Waals surface area contributed by atoms with Crippen molar-refractivity contribution in [1.29, 1.82) is 0 Å². The summed E-state index contributed by atoms with van der Waals surface area (Å²) in [6.07, 6.45) is 1.91. The van der Waals surface area contributed by atoms with E-state index in [2.05, 4.69) is 26.3 Å². The summed E-state index contributed by atoms with van der Waals surface area (Å²) in [4.78, 5) is 71.7. The third kappa shape index (κ3) is 8.78. The van der Waals surface area contributed by atoms with Crippen LogP contribution in [0.25, 0.3) is 10.8 Å². The molecule has 1 fully saturated rings.